The molecule has 0 saturated heterocycles. The smallest absolute Gasteiger partial charge is 0.234 e. The summed E-state index contributed by atoms with van der Waals surface area (Å²) in [7, 11) is 1.58. The summed E-state index contributed by atoms with van der Waals surface area (Å²) >= 11 is 0. The normalized spacial score (nSPS) is 10.4. The molecule has 4 nitrogen and oxygen atoms in total. The Morgan fingerprint density at radius 2 is 2.36 bits per heavy atom. The molecule has 0 aromatic carbocycles. The Hall–Kier alpha value is -1.84. The number of nitrogens with zero attached hydrogens (tertiary/aromatic N) is 3. The van der Waals surface area contributed by atoms with Crippen LogP contribution < -0.4 is 0 Å². The molecular weight excluding hydrogens is 178 g/mol. The van der Waals surface area contributed by atoms with Crippen molar-refractivity contribution in [3.63, 3.8) is 0 Å². The van der Waals surface area contributed by atoms with Gasteiger partial charge in [0.25, 0.3) is 0 Å². The van der Waals surface area contributed by atoms with Crippen LogP contribution in [0.4, 0.5) is 0 Å². The fourth-order valence-corrected chi connectivity index (χ4v) is 1.31. The lowest BCUT2D eigenvalue weighted by Gasteiger charge is -2.05. The molecule has 72 valence electrons. The minimum absolute atomic E-state index is 0.554. The van der Waals surface area contributed by atoms with Crippen LogP contribution in [0.15, 0.2) is 25.0 Å². The Balaban J connectivity index is 2.64. The molecule has 2 heterocycles. The largest absolute Gasteiger partial charge is 0.495 e. The van der Waals surface area contributed by atoms with E-state index in [9.17, 15) is 0 Å². The SMILES string of the molecule is C=C(OC)c1cc(C)n2ccnc2n1. The van der Waals surface area contributed by atoms with E-state index in [-0.39, 0.29) is 0 Å². The van der Waals surface area contributed by atoms with Crippen molar-refractivity contribution in [1.29, 1.82) is 0 Å². The van der Waals surface area contributed by atoms with Crippen LogP contribution in [0.25, 0.3) is 11.5 Å². The fourth-order valence-electron chi connectivity index (χ4n) is 1.31. The molecule has 2 aromatic heterocycles. The van der Waals surface area contributed by atoms with Gasteiger partial charge in [-0.2, -0.15) is 0 Å². The molecule has 0 spiro atoms. The van der Waals surface area contributed by atoms with Crippen LogP contribution in [0, 0.1) is 6.92 Å². The molecule has 4 heteroatoms. The summed E-state index contributed by atoms with van der Waals surface area (Å²) in [5.74, 6) is 1.22. The van der Waals surface area contributed by atoms with E-state index in [2.05, 4.69) is 16.5 Å². The lowest BCUT2D eigenvalue weighted by atomic mass is 10.3. The molecular formula is C10H11N3O. The van der Waals surface area contributed by atoms with Crippen LogP contribution >= 0.6 is 0 Å². The van der Waals surface area contributed by atoms with Gasteiger partial charge in [-0.3, -0.25) is 4.40 Å². The molecule has 0 amide bonds. The second-order valence-corrected chi connectivity index (χ2v) is 3.01. The molecule has 0 bridgehead atoms. The molecule has 0 saturated carbocycles. The van der Waals surface area contributed by atoms with Gasteiger partial charge < -0.3 is 4.74 Å². The summed E-state index contributed by atoms with van der Waals surface area (Å²) in [5.41, 5.74) is 1.78. The van der Waals surface area contributed by atoms with Crippen molar-refractivity contribution >= 4 is 11.5 Å². The number of rotatable bonds is 2. The Kier molecular flexibility index (Phi) is 1.96. The van der Waals surface area contributed by atoms with Crippen molar-refractivity contribution in [2.75, 3.05) is 7.11 Å². The Morgan fingerprint density at radius 1 is 1.57 bits per heavy atom. The first kappa shape index (κ1) is 8.74. The number of aromatic nitrogens is 3. The van der Waals surface area contributed by atoms with Crippen LogP contribution in [-0.4, -0.2) is 21.5 Å². The van der Waals surface area contributed by atoms with Crippen molar-refractivity contribution in [1.82, 2.24) is 14.4 Å². The van der Waals surface area contributed by atoms with Gasteiger partial charge in [0.1, 0.15) is 11.5 Å². The number of hydrogen-bond donors (Lipinski definition) is 0. The van der Waals surface area contributed by atoms with Crippen molar-refractivity contribution in [2.45, 2.75) is 6.92 Å². The van der Waals surface area contributed by atoms with E-state index in [4.69, 9.17) is 4.74 Å². The summed E-state index contributed by atoms with van der Waals surface area (Å²) in [6, 6.07) is 1.92. The van der Waals surface area contributed by atoms with Crippen molar-refractivity contribution in [3.05, 3.63) is 36.4 Å². The quantitative estimate of drug-likeness (QED) is 0.674. The Morgan fingerprint density at radius 3 is 3.07 bits per heavy atom. The third kappa shape index (κ3) is 1.25. The molecule has 0 aliphatic heterocycles. The molecule has 14 heavy (non-hydrogen) atoms. The standard InChI is InChI=1S/C10H11N3O/c1-7-6-9(8(2)14-3)12-10-11-4-5-13(7)10/h4-6H,2H2,1,3H3. The summed E-state index contributed by atoms with van der Waals surface area (Å²) < 4.78 is 6.93. The van der Waals surface area contributed by atoms with Gasteiger partial charge in [-0.25, -0.2) is 9.97 Å². The number of imidazole rings is 1. The molecule has 2 rings (SSSR count). The second-order valence-electron chi connectivity index (χ2n) is 3.01. The maximum Gasteiger partial charge on any atom is 0.234 e. The summed E-state index contributed by atoms with van der Waals surface area (Å²) in [4.78, 5) is 8.41. The summed E-state index contributed by atoms with van der Waals surface area (Å²) in [5, 5.41) is 0. The minimum atomic E-state index is 0.554. The van der Waals surface area contributed by atoms with Crippen LogP contribution in [0.1, 0.15) is 11.4 Å². The zero-order chi connectivity index (χ0) is 10.1. The Labute approximate surface area is 81.9 Å². The van der Waals surface area contributed by atoms with Crippen molar-refractivity contribution < 1.29 is 4.74 Å². The molecule has 0 fully saturated rings. The van der Waals surface area contributed by atoms with Gasteiger partial charge in [-0.15, -0.1) is 0 Å². The average Bonchev–Trinajstić information content (AvgIpc) is 2.64. The van der Waals surface area contributed by atoms with Gasteiger partial charge in [0, 0.05) is 18.1 Å². The summed E-state index contributed by atoms with van der Waals surface area (Å²) in [6.45, 7) is 5.74. The first-order valence-corrected chi connectivity index (χ1v) is 4.26. The van der Waals surface area contributed by atoms with Gasteiger partial charge in [0.2, 0.25) is 5.78 Å². The number of hydrogen-bond acceptors (Lipinski definition) is 3. The summed E-state index contributed by atoms with van der Waals surface area (Å²) in [6.07, 6.45) is 3.59. The molecule has 0 atom stereocenters. The minimum Gasteiger partial charge on any atom is -0.495 e. The van der Waals surface area contributed by atoms with E-state index in [0.29, 0.717) is 11.5 Å². The third-order valence-corrected chi connectivity index (χ3v) is 2.10. The first-order chi connectivity index (χ1) is 6.72. The second kappa shape index (κ2) is 3.14. The topological polar surface area (TPSA) is 39.4 Å². The highest BCUT2D eigenvalue weighted by atomic mass is 16.5. The Bertz CT molecular complexity index is 487. The number of aryl methyl sites for hydroxylation is 1. The van der Waals surface area contributed by atoms with Gasteiger partial charge in [0.15, 0.2) is 0 Å². The van der Waals surface area contributed by atoms with E-state index in [1.54, 1.807) is 13.3 Å². The lowest BCUT2D eigenvalue weighted by molar-refractivity contribution is 0.369. The number of fused-ring (bicyclic) bond motifs is 1. The van der Waals surface area contributed by atoms with E-state index in [1.807, 2.05) is 23.6 Å². The van der Waals surface area contributed by atoms with Crippen LogP contribution in [-0.2, 0) is 4.74 Å². The van der Waals surface area contributed by atoms with Gasteiger partial charge in [-0.1, -0.05) is 6.58 Å². The van der Waals surface area contributed by atoms with E-state index >= 15 is 0 Å². The van der Waals surface area contributed by atoms with E-state index in [1.165, 1.54) is 0 Å². The molecule has 0 aliphatic carbocycles. The van der Waals surface area contributed by atoms with Gasteiger partial charge in [-0.05, 0) is 13.0 Å². The highest BCUT2D eigenvalue weighted by Crippen LogP contribution is 2.13. The van der Waals surface area contributed by atoms with E-state index < -0.39 is 0 Å². The van der Waals surface area contributed by atoms with Crippen molar-refractivity contribution in [3.8, 4) is 0 Å². The predicted molar refractivity (Wildman–Crippen MR) is 53.8 cm³/mol. The van der Waals surface area contributed by atoms with Crippen LogP contribution in [0.2, 0.25) is 0 Å². The third-order valence-electron chi connectivity index (χ3n) is 2.10. The van der Waals surface area contributed by atoms with Gasteiger partial charge >= 0.3 is 0 Å². The zero-order valence-corrected chi connectivity index (χ0v) is 8.19. The molecule has 0 radical (unpaired) electrons. The number of methoxy groups -OCH3 is 1. The highest BCUT2D eigenvalue weighted by Gasteiger charge is 2.05. The van der Waals surface area contributed by atoms with Gasteiger partial charge in [0.05, 0.1) is 7.11 Å². The first-order valence-electron chi connectivity index (χ1n) is 4.26. The van der Waals surface area contributed by atoms with Crippen molar-refractivity contribution in [2.24, 2.45) is 0 Å². The maximum atomic E-state index is 5.02. The average molecular weight is 189 g/mol. The van der Waals surface area contributed by atoms with Crippen LogP contribution in [0.5, 0.6) is 0 Å². The lowest BCUT2D eigenvalue weighted by Crippen LogP contribution is -1.98. The number of ether oxygens (including phenoxy) is 1. The van der Waals surface area contributed by atoms with E-state index in [0.717, 1.165) is 11.4 Å². The maximum absolute atomic E-state index is 5.02. The molecule has 0 N–H and O–H groups in total. The molecule has 2 aromatic rings. The predicted octanol–water partition coefficient (Wildman–Crippen LogP) is 1.65. The molecule has 0 unspecified atom stereocenters. The van der Waals surface area contributed by atoms with Crippen LogP contribution in [0.3, 0.4) is 0 Å². The molecule has 0 aliphatic rings. The fraction of sp³-hybridized carbons (Fsp3) is 0.200. The highest BCUT2D eigenvalue weighted by molar-refractivity contribution is 5.55. The monoisotopic (exact) mass is 189 g/mol. The zero-order valence-electron chi connectivity index (χ0n) is 8.19.